The molecule has 0 saturated heterocycles. The average Bonchev–Trinajstić information content (AvgIpc) is 2.15. The van der Waals surface area contributed by atoms with Gasteiger partial charge in [-0.3, -0.25) is 0 Å². The van der Waals surface area contributed by atoms with E-state index in [0.29, 0.717) is 6.04 Å². The van der Waals surface area contributed by atoms with Gasteiger partial charge < -0.3 is 30.1 Å². The smallest absolute Gasteiger partial charge is 1.00 e. The van der Waals surface area contributed by atoms with Crippen molar-refractivity contribution in [3.05, 3.63) is 29.2 Å². The zero-order valence-corrected chi connectivity index (χ0v) is 10.1. The van der Waals surface area contributed by atoms with Crippen LogP contribution in [-0.4, -0.2) is 6.04 Å². The summed E-state index contributed by atoms with van der Waals surface area (Å²) in [5, 5.41) is 4.38. The predicted octanol–water partition coefficient (Wildman–Crippen LogP) is -3.38. The van der Waals surface area contributed by atoms with E-state index in [1.807, 2.05) is 0 Å². The quantitative estimate of drug-likeness (QED) is 0.481. The molecule has 12 heavy (non-hydrogen) atoms. The summed E-state index contributed by atoms with van der Waals surface area (Å²) < 4.78 is 0. The summed E-state index contributed by atoms with van der Waals surface area (Å²) in [5.41, 5.74) is 1.21. The summed E-state index contributed by atoms with van der Waals surface area (Å²) >= 11 is 0. The van der Waals surface area contributed by atoms with Gasteiger partial charge in [0.1, 0.15) is 0 Å². The van der Waals surface area contributed by atoms with Gasteiger partial charge in [-0.05, 0) is 6.42 Å². The van der Waals surface area contributed by atoms with E-state index in [0.717, 1.165) is 6.42 Å². The van der Waals surface area contributed by atoms with Gasteiger partial charge in [-0.2, -0.15) is 5.70 Å². The maximum absolute atomic E-state index is 4.38. The van der Waals surface area contributed by atoms with Crippen LogP contribution in [0.25, 0.3) is 5.32 Å². The molecular formula is C8H12Cl2NV-. The van der Waals surface area contributed by atoms with E-state index in [-0.39, 0.29) is 43.4 Å². The SMILES string of the molecule is CC(C)[N-]C1=CC=CC1.[Cl-].[Cl-].[V+2]. The number of hydrogen-bond donors (Lipinski definition) is 0. The third kappa shape index (κ3) is 7.11. The molecule has 0 unspecified atom stereocenters. The monoisotopic (exact) mass is 243 g/mol. The van der Waals surface area contributed by atoms with Crippen LogP contribution in [-0.2, 0) is 18.6 Å². The van der Waals surface area contributed by atoms with Gasteiger partial charge in [0, 0.05) is 0 Å². The topological polar surface area (TPSA) is 14.1 Å². The van der Waals surface area contributed by atoms with Gasteiger partial charge in [0.2, 0.25) is 0 Å². The Bertz CT molecular complexity index is 155. The molecule has 0 saturated carbocycles. The predicted molar refractivity (Wildman–Crippen MR) is 40.3 cm³/mol. The maximum atomic E-state index is 4.38. The maximum Gasteiger partial charge on any atom is 2.00 e. The average molecular weight is 244 g/mol. The van der Waals surface area contributed by atoms with Crippen LogP contribution in [0.3, 0.4) is 0 Å². The van der Waals surface area contributed by atoms with Gasteiger partial charge in [0.15, 0.2) is 0 Å². The second-order valence-corrected chi connectivity index (χ2v) is 2.51. The number of allylic oxidation sites excluding steroid dienone is 3. The third-order valence-electron chi connectivity index (χ3n) is 1.18. The summed E-state index contributed by atoms with van der Waals surface area (Å²) in [4.78, 5) is 0. The first-order valence-corrected chi connectivity index (χ1v) is 3.35. The first-order valence-electron chi connectivity index (χ1n) is 3.35. The molecule has 1 aliphatic rings. The third-order valence-corrected chi connectivity index (χ3v) is 1.18. The molecule has 1 nitrogen and oxygen atoms in total. The van der Waals surface area contributed by atoms with E-state index < -0.39 is 0 Å². The summed E-state index contributed by atoms with van der Waals surface area (Å²) in [7, 11) is 0. The van der Waals surface area contributed by atoms with Crippen molar-refractivity contribution in [1.82, 2.24) is 0 Å². The molecule has 4 heteroatoms. The summed E-state index contributed by atoms with van der Waals surface area (Å²) in [5.74, 6) is 0. The molecule has 69 valence electrons. The van der Waals surface area contributed by atoms with Crippen molar-refractivity contribution in [1.29, 1.82) is 0 Å². The Hall–Kier alpha value is 0.444. The van der Waals surface area contributed by atoms with Crippen molar-refractivity contribution in [2.24, 2.45) is 0 Å². The van der Waals surface area contributed by atoms with Gasteiger partial charge >= 0.3 is 18.6 Å². The van der Waals surface area contributed by atoms with E-state index in [9.17, 15) is 0 Å². The normalized spacial score (nSPS) is 12.4. The molecule has 0 bridgehead atoms. The number of nitrogens with zero attached hydrogens (tertiary/aromatic N) is 1. The van der Waals surface area contributed by atoms with Crippen LogP contribution in [0.2, 0.25) is 0 Å². The van der Waals surface area contributed by atoms with E-state index in [4.69, 9.17) is 0 Å². The fourth-order valence-electron chi connectivity index (χ4n) is 0.863. The van der Waals surface area contributed by atoms with Gasteiger partial charge in [0.05, 0.1) is 0 Å². The molecule has 0 fully saturated rings. The fourth-order valence-corrected chi connectivity index (χ4v) is 0.863. The van der Waals surface area contributed by atoms with Crippen LogP contribution in [0.15, 0.2) is 23.9 Å². The molecule has 0 aromatic rings. The Morgan fingerprint density at radius 3 is 2.25 bits per heavy atom. The minimum absolute atomic E-state index is 0. The first kappa shape index (κ1) is 18.3. The number of hydrogen-bond acceptors (Lipinski definition) is 0. The van der Waals surface area contributed by atoms with E-state index in [1.165, 1.54) is 5.70 Å². The van der Waals surface area contributed by atoms with E-state index in [1.54, 1.807) is 0 Å². The van der Waals surface area contributed by atoms with Crippen molar-refractivity contribution in [2.75, 3.05) is 0 Å². The van der Waals surface area contributed by atoms with Crippen LogP contribution in [0.5, 0.6) is 0 Å². The number of halogens is 2. The first-order chi connectivity index (χ1) is 4.29. The summed E-state index contributed by atoms with van der Waals surface area (Å²) in [6, 6.07) is 0.441. The Morgan fingerprint density at radius 2 is 1.92 bits per heavy atom. The molecular weight excluding hydrogens is 232 g/mol. The van der Waals surface area contributed by atoms with Crippen molar-refractivity contribution in [3.63, 3.8) is 0 Å². The molecule has 0 spiro atoms. The van der Waals surface area contributed by atoms with E-state index in [2.05, 4.69) is 37.4 Å². The molecule has 1 radical (unpaired) electrons. The van der Waals surface area contributed by atoms with Crippen molar-refractivity contribution in [2.45, 2.75) is 26.3 Å². The fraction of sp³-hybridized carbons (Fsp3) is 0.500. The number of rotatable bonds is 2. The molecule has 0 aromatic heterocycles. The standard InChI is InChI=1S/C8H12N.2ClH.V/c1-7(2)9-8-5-3-4-6-8;;;/h3-5,7H,6H2,1-2H3;2*1H;/q-1;;;+2/p-2. The van der Waals surface area contributed by atoms with E-state index >= 15 is 0 Å². The molecule has 0 N–H and O–H groups in total. The van der Waals surface area contributed by atoms with Crippen LogP contribution in [0, 0.1) is 0 Å². The molecule has 1 aliphatic carbocycles. The molecule has 0 aromatic carbocycles. The van der Waals surface area contributed by atoms with Gasteiger partial charge in [-0.25, -0.2) is 0 Å². The Labute approximate surface area is 98.8 Å². The molecule has 0 aliphatic heterocycles. The molecule has 0 amide bonds. The van der Waals surface area contributed by atoms with Gasteiger partial charge in [-0.15, -0.1) is 6.04 Å². The minimum Gasteiger partial charge on any atom is -1.00 e. The molecule has 0 heterocycles. The molecule has 0 atom stereocenters. The van der Waals surface area contributed by atoms with Gasteiger partial charge in [0.25, 0.3) is 0 Å². The minimum atomic E-state index is 0. The van der Waals surface area contributed by atoms with Crippen molar-refractivity contribution in [3.8, 4) is 0 Å². The largest absolute Gasteiger partial charge is 2.00 e. The zero-order chi connectivity index (χ0) is 6.69. The summed E-state index contributed by atoms with van der Waals surface area (Å²) in [6.45, 7) is 4.19. The second kappa shape index (κ2) is 9.53. The van der Waals surface area contributed by atoms with Crippen molar-refractivity contribution >= 4 is 0 Å². The Kier molecular flexibility index (Phi) is 14.5. The summed E-state index contributed by atoms with van der Waals surface area (Å²) in [6.07, 6.45) is 7.28. The van der Waals surface area contributed by atoms with Crippen molar-refractivity contribution < 1.29 is 43.4 Å². The van der Waals surface area contributed by atoms with Gasteiger partial charge in [-0.1, -0.05) is 32.1 Å². The Balaban J connectivity index is -0.000000270. The van der Waals surface area contributed by atoms with Crippen LogP contribution in [0.1, 0.15) is 20.3 Å². The Morgan fingerprint density at radius 1 is 1.33 bits per heavy atom. The van der Waals surface area contributed by atoms with Crippen LogP contribution >= 0.6 is 0 Å². The van der Waals surface area contributed by atoms with Crippen LogP contribution in [0.4, 0.5) is 0 Å². The zero-order valence-electron chi connectivity index (χ0n) is 7.17. The second-order valence-electron chi connectivity index (χ2n) is 2.51. The van der Waals surface area contributed by atoms with Crippen LogP contribution < -0.4 is 24.8 Å². The molecule has 1 rings (SSSR count).